The Bertz CT molecular complexity index is 540. The van der Waals surface area contributed by atoms with Crippen LogP contribution >= 0.6 is 47.0 Å². The summed E-state index contributed by atoms with van der Waals surface area (Å²) < 4.78 is -2.00. The maximum Gasteiger partial charge on any atom is 0.276 e. The van der Waals surface area contributed by atoms with Crippen LogP contribution in [-0.4, -0.2) is 20.5 Å². The average molecular weight is 354 g/mol. The van der Waals surface area contributed by atoms with Crippen LogP contribution in [0.5, 0.6) is 0 Å². The number of amides is 1. The van der Waals surface area contributed by atoms with Gasteiger partial charge in [-0.05, 0) is 36.8 Å². The zero-order chi connectivity index (χ0) is 15.3. The first kappa shape index (κ1) is 17.0. The number of hydrazone groups is 1. The van der Waals surface area contributed by atoms with Gasteiger partial charge in [0.25, 0.3) is 9.70 Å². The highest BCUT2D eigenvalue weighted by Gasteiger charge is 2.30. The molecule has 4 N–H and O–H groups in total. The first-order valence-corrected chi connectivity index (χ1v) is 6.82. The lowest BCUT2D eigenvalue weighted by Gasteiger charge is -2.11. The van der Waals surface area contributed by atoms with Crippen molar-refractivity contribution in [3.05, 3.63) is 29.8 Å². The molecule has 1 aromatic rings. The van der Waals surface area contributed by atoms with E-state index in [9.17, 15) is 4.79 Å². The van der Waals surface area contributed by atoms with Crippen LogP contribution in [0, 0.1) is 0 Å². The summed E-state index contributed by atoms with van der Waals surface area (Å²) in [5, 5.41) is 6.52. The number of benzene rings is 1. The van der Waals surface area contributed by atoms with Gasteiger partial charge >= 0.3 is 0 Å². The number of nitrogens with two attached hydrogens (primary N) is 1. The van der Waals surface area contributed by atoms with Crippen molar-refractivity contribution in [2.45, 2.75) is 10.7 Å². The number of rotatable bonds is 3. The zero-order valence-electron chi connectivity index (χ0n) is 10.3. The first-order chi connectivity index (χ1) is 9.20. The van der Waals surface area contributed by atoms with Gasteiger partial charge in [-0.25, -0.2) is 0 Å². The van der Waals surface area contributed by atoms with E-state index in [0.717, 1.165) is 5.56 Å². The third kappa shape index (κ3) is 5.50. The number of thiocarbonyl (C=S) groups is 1. The molecule has 0 saturated heterocycles. The molecule has 5 nitrogen and oxygen atoms in total. The summed E-state index contributed by atoms with van der Waals surface area (Å²) in [5.41, 5.74) is 9.75. The number of nitrogens with one attached hydrogen (secondary N) is 2. The molecule has 9 heteroatoms. The van der Waals surface area contributed by atoms with Crippen molar-refractivity contribution in [1.29, 1.82) is 0 Å². The molecule has 0 bridgehead atoms. The van der Waals surface area contributed by atoms with E-state index in [0.29, 0.717) is 11.4 Å². The summed E-state index contributed by atoms with van der Waals surface area (Å²) >= 11 is 21.0. The number of alkyl halides is 3. The Balaban J connectivity index is 2.77. The van der Waals surface area contributed by atoms with Crippen molar-refractivity contribution in [1.82, 2.24) is 5.43 Å². The largest absolute Gasteiger partial charge is 0.375 e. The molecule has 0 aromatic heterocycles. The van der Waals surface area contributed by atoms with Gasteiger partial charge in [0.1, 0.15) is 0 Å². The minimum absolute atomic E-state index is 0.0795. The number of carbonyl (C=O) groups excluding carboxylic acids is 1. The lowest BCUT2D eigenvalue weighted by Crippen LogP contribution is -2.27. The second-order valence-corrected chi connectivity index (χ2v) is 6.42. The van der Waals surface area contributed by atoms with Crippen molar-refractivity contribution in [3.63, 3.8) is 0 Å². The molecule has 0 aliphatic carbocycles. The van der Waals surface area contributed by atoms with Gasteiger partial charge in [-0.15, -0.1) is 0 Å². The van der Waals surface area contributed by atoms with Gasteiger partial charge in [-0.2, -0.15) is 5.10 Å². The highest BCUT2D eigenvalue weighted by molar-refractivity contribution is 7.80. The van der Waals surface area contributed by atoms with Crippen molar-refractivity contribution in [2.24, 2.45) is 10.8 Å². The Hall–Kier alpha value is -1.08. The molecule has 1 amide bonds. The van der Waals surface area contributed by atoms with Crippen LogP contribution in [-0.2, 0) is 4.79 Å². The molecule has 0 aliphatic heterocycles. The highest BCUT2D eigenvalue weighted by Crippen LogP contribution is 2.27. The monoisotopic (exact) mass is 352 g/mol. The van der Waals surface area contributed by atoms with Crippen LogP contribution in [0.3, 0.4) is 0 Å². The van der Waals surface area contributed by atoms with Crippen molar-refractivity contribution >= 4 is 69.4 Å². The van der Waals surface area contributed by atoms with Crippen molar-refractivity contribution in [2.75, 3.05) is 5.32 Å². The van der Waals surface area contributed by atoms with Gasteiger partial charge in [0, 0.05) is 5.69 Å². The fourth-order valence-electron chi connectivity index (χ4n) is 1.20. The number of carbonyl (C=O) groups is 1. The summed E-state index contributed by atoms with van der Waals surface area (Å²) in [5.74, 6) is -0.726. The topological polar surface area (TPSA) is 79.5 Å². The molecule has 0 saturated carbocycles. The molecule has 1 aromatic carbocycles. The standard InChI is InChI=1S/C11H11Cl3N4OS/c1-6(17-18-10(15)20)7-2-4-8(5-3-7)16-9(19)11(12,13)14/h2-5H,1H3,(H,16,19)(H3,15,18,20). The van der Waals surface area contributed by atoms with Gasteiger partial charge < -0.3 is 11.1 Å². The Kier molecular flexibility index (Phi) is 6.01. The maximum absolute atomic E-state index is 11.5. The predicted octanol–water partition coefficient (Wildman–Crippen LogP) is 2.55. The lowest BCUT2D eigenvalue weighted by atomic mass is 10.1. The number of hydrogen-bond acceptors (Lipinski definition) is 3. The van der Waals surface area contributed by atoms with E-state index < -0.39 is 9.70 Å². The Morgan fingerprint density at radius 3 is 2.30 bits per heavy atom. The molecule has 1 rings (SSSR count). The van der Waals surface area contributed by atoms with Crippen LogP contribution < -0.4 is 16.5 Å². The van der Waals surface area contributed by atoms with Crippen LogP contribution in [0.1, 0.15) is 12.5 Å². The van der Waals surface area contributed by atoms with Crippen LogP contribution in [0.15, 0.2) is 29.4 Å². The number of halogens is 3. The van der Waals surface area contributed by atoms with Crippen LogP contribution in [0.2, 0.25) is 0 Å². The summed E-state index contributed by atoms with van der Waals surface area (Å²) in [6.07, 6.45) is 0. The van der Waals surface area contributed by atoms with E-state index in [2.05, 4.69) is 28.1 Å². The normalized spacial score (nSPS) is 11.9. The molecule has 0 fully saturated rings. The Morgan fingerprint density at radius 1 is 1.30 bits per heavy atom. The summed E-state index contributed by atoms with van der Waals surface area (Å²) in [7, 11) is 0. The number of hydrogen-bond donors (Lipinski definition) is 3. The van der Waals surface area contributed by atoms with E-state index in [1.807, 2.05) is 0 Å². The molecular weight excluding hydrogens is 343 g/mol. The first-order valence-electron chi connectivity index (χ1n) is 5.28. The molecule has 0 unspecified atom stereocenters. The van der Waals surface area contributed by atoms with Gasteiger partial charge in [-0.3, -0.25) is 10.2 Å². The predicted molar refractivity (Wildman–Crippen MR) is 87.5 cm³/mol. The van der Waals surface area contributed by atoms with Gasteiger partial charge in [0.2, 0.25) is 0 Å². The van der Waals surface area contributed by atoms with Gasteiger partial charge in [0.15, 0.2) is 5.11 Å². The molecule has 0 aliphatic rings. The fourth-order valence-corrected chi connectivity index (χ4v) is 1.39. The van der Waals surface area contributed by atoms with Crippen molar-refractivity contribution in [3.8, 4) is 0 Å². The minimum Gasteiger partial charge on any atom is -0.375 e. The van der Waals surface area contributed by atoms with Gasteiger partial charge in [0.05, 0.1) is 5.71 Å². The molecule has 108 valence electrons. The summed E-state index contributed by atoms with van der Waals surface area (Å²) in [6.45, 7) is 1.78. The van der Waals surface area contributed by atoms with Crippen molar-refractivity contribution < 1.29 is 4.79 Å². The summed E-state index contributed by atoms with van der Waals surface area (Å²) in [6, 6.07) is 6.80. The van der Waals surface area contributed by atoms with Crippen LogP contribution in [0.25, 0.3) is 0 Å². The Morgan fingerprint density at radius 2 is 1.85 bits per heavy atom. The molecule has 0 heterocycles. The molecule has 0 atom stereocenters. The fraction of sp³-hybridized carbons (Fsp3) is 0.182. The highest BCUT2D eigenvalue weighted by atomic mass is 35.6. The summed E-state index contributed by atoms with van der Waals surface area (Å²) in [4.78, 5) is 11.5. The van der Waals surface area contributed by atoms with E-state index in [4.69, 9.17) is 40.5 Å². The maximum atomic E-state index is 11.5. The molecule has 0 spiro atoms. The van der Waals surface area contributed by atoms with Gasteiger partial charge in [-0.1, -0.05) is 46.9 Å². The SMILES string of the molecule is CC(=NNC(N)=S)c1ccc(NC(=O)C(Cl)(Cl)Cl)cc1. The van der Waals surface area contributed by atoms with Crippen LogP contribution in [0.4, 0.5) is 5.69 Å². The zero-order valence-corrected chi connectivity index (χ0v) is 13.4. The third-order valence-electron chi connectivity index (χ3n) is 2.15. The van der Waals surface area contributed by atoms with E-state index in [1.165, 1.54) is 0 Å². The third-order valence-corrected chi connectivity index (χ3v) is 2.76. The Labute approximate surface area is 136 Å². The quantitative estimate of drug-likeness (QED) is 0.338. The van der Waals surface area contributed by atoms with E-state index in [1.54, 1.807) is 31.2 Å². The van der Waals surface area contributed by atoms with E-state index in [-0.39, 0.29) is 5.11 Å². The second-order valence-electron chi connectivity index (χ2n) is 3.70. The lowest BCUT2D eigenvalue weighted by molar-refractivity contribution is -0.115. The second kappa shape index (κ2) is 7.08. The number of nitrogens with zero attached hydrogens (tertiary/aromatic N) is 1. The average Bonchev–Trinajstić information content (AvgIpc) is 2.35. The molecular formula is C11H11Cl3N4OS. The van der Waals surface area contributed by atoms with E-state index >= 15 is 0 Å². The smallest absolute Gasteiger partial charge is 0.276 e. The number of anilines is 1. The molecule has 20 heavy (non-hydrogen) atoms. The minimum atomic E-state index is -2.00. The molecule has 0 radical (unpaired) electrons.